The first-order valence-corrected chi connectivity index (χ1v) is 3.96. The van der Waals surface area contributed by atoms with Gasteiger partial charge in [-0.05, 0) is 12.8 Å². The molecular weight excluding hydrogens is 152 g/mol. The summed E-state index contributed by atoms with van der Waals surface area (Å²) in [6, 6.07) is 0.437. The van der Waals surface area contributed by atoms with Gasteiger partial charge in [0.2, 0.25) is 0 Å². The first-order chi connectivity index (χ1) is 5.86. The average Bonchev–Trinajstić information content (AvgIpc) is 2.90. The summed E-state index contributed by atoms with van der Waals surface area (Å²) in [5, 5.41) is 0. The van der Waals surface area contributed by atoms with Gasteiger partial charge in [0.15, 0.2) is 0 Å². The Kier molecular flexibility index (Phi) is 1.74. The van der Waals surface area contributed by atoms with Gasteiger partial charge in [0.25, 0.3) is 0 Å². The van der Waals surface area contributed by atoms with E-state index in [0.29, 0.717) is 17.6 Å². The highest BCUT2D eigenvalue weighted by Crippen LogP contribution is 2.23. The van der Waals surface area contributed by atoms with E-state index in [0.717, 1.165) is 12.8 Å². The zero-order valence-corrected chi connectivity index (χ0v) is 6.64. The van der Waals surface area contributed by atoms with E-state index in [-0.39, 0.29) is 0 Å². The van der Waals surface area contributed by atoms with Crippen molar-refractivity contribution in [2.45, 2.75) is 18.9 Å². The number of aromatic nitrogens is 2. The summed E-state index contributed by atoms with van der Waals surface area (Å²) in [6.45, 7) is 0. The van der Waals surface area contributed by atoms with Gasteiger partial charge in [-0.2, -0.15) is 0 Å². The molecule has 1 aliphatic rings. The van der Waals surface area contributed by atoms with Crippen LogP contribution in [0, 0.1) is 0 Å². The predicted octanol–water partition coefficient (Wildman–Crippen LogP) is 0.344. The molecule has 4 nitrogen and oxygen atoms in total. The summed E-state index contributed by atoms with van der Waals surface area (Å²) in [5.41, 5.74) is 6.35. The van der Waals surface area contributed by atoms with E-state index in [4.69, 9.17) is 5.73 Å². The van der Waals surface area contributed by atoms with Crippen LogP contribution in [0.25, 0.3) is 0 Å². The highest BCUT2D eigenvalue weighted by molar-refractivity contribution is 5.95. The molecule has 0 radical (unpaired) electrons. The Balaban J connectivity index is 2.18. The normalized spacial score (nSPS) is 17.8. The van der Waals surface area contributed by atoms with E-state index in [2.05, 4.69) is 15.0 Å². The molecule has 2 N–H and O–H groups in total. The summed E-state index contributed by atoms with van der Waals surface area (Å²) >= 11 is 0. The monoisotopic (exact) mass is 162 g/mol. The lowest BCUT2D eigenvalue weighted by Crippen LogP contribution is -2.16. The van der Waals surface area contributed by atoms with E-state index >= 15 is 0 Å². The van der Waals surface area contributed by atoms with Crippen LogP contribution in [-0.2, 0) is 0 Å². The molecule has 0 amide bonds. The quantitative estimate of drug-likeness (QED) is 0.504. The van der Waals surface area contributed by atoms with E-state index < -0.39 is 0 Å². The number of hydrogen-bond donors (Lipinski definition) is 1. The molecule has 0 aliphatic heterocycles. The Labute approximate surface area is 70.6 Å². The standard InChI is InChI=1S/C8H10N4/c9-8(12-6-1-2-6)7-5-10-3-4-11-7/h3-6H,1-2H2,(H2,9,12). The van der Waals surface area contributed by atoms with Crippen LogP contribution in [0.3, 0.4) is 0 Å². The van der Waals surface area contributed by atoms with Gasteiger partial charge >= 0.3 is 0 Å². The molecule has 0 spiro atoms. The van der Waals surface area contributed by atoms with Crippen molar-refractivity contribution in [3.63, 3.8) is 0 Å². The molecule has 1 aromatic rings. The summed E-state index contributed by atoms with van der Waals surface area (Å²) in [4.78, 5) is 12.2. The van der Waals surface area contributed by atoms with Crippen molar-refractivity contribution >= 4 is 5.84 Å². The van der Waals surface area contributed by atoms with E-state index in [9.17, 15) is 0 Å². The molecule has 1 fully saturated rings. The van der Waals surface area contributed by atoms with Crippen LogP contribution in [0.15, 0.2) is 23.6 Å². The smallest absolute Gasteiger partial charge is 0.146 e. The zero-order valence-electron chi connectivity index (χ0n) is 6.64. The largest absolute Gasteiger partial charge is 0.382 e. The third-order valence-electron chi connectivity index (χ3n) is 1.69. The molecule has 1 saturated carbocycles. The predicted molar refractivity (Wildman–Crippen MR) is 45.8 cm³/mol. The number of aliphatic imine (C=N–C) groups is 1. The molecule has 2 rings (SSSR count). The van der Waals surface area contributed by atoms with Gasteiger partial charge in [0, 0.05) is 12.4 Å². The number of amidine groups is 1. The van der Waals surface area contributed by atoms with Crippen molar-refractivity contribution < 1.29 is 0 Å². The summed E-state index contributed by atoms with van der Waals surface area (Å²) in [7, 11) is 0. The Bertz CT molecular complexity index is 289. The Hall–Kier alpha value is -1.45. The van der Waals surface area contributed by atoms with Gasteiger partial charge in [-0.1, -0.05) is 0 Å². The Morgan fingerprint density at radius 3 is 2.92 bits per heavy atom. The molecule has 4 heteroatoms. The van der Waals surface area contributed by atoms with Crippen molar-refractivity contribution in [3.8, 4) is 0 Å². The van der Waals surface area contributed by atoms with Crippen LogP contribution >= 0.6 is 0 Å². The number of nitrogens with zero attached hydrogens (tertiary/aromatic N) is 3. The lowest BCUT2D eigenvalue weighted by Gasteiger charge is -1.96. The highest BCUT2D eigenvalue weighted by Gasteiger charge is 2.20. The molecule has 1 aliphatic carbocycles. The third kappa shape index (κ3) is 1.58. The molecule has 0 atom stereocenters. The summed E-state index contributed by atoms with van der Waals surface area (Å²) in [5.74, 6) is 0.505. The molecule has 12 heavy (non-hydrogen) atoms. The third-order valence-corrected chi connectivity index (χ3v) is 1.69. The fraction of sp³-hybridized carbons (Fsp3) is 0.375. The first-order valence-electron chi connectivity index (χ1n) is 3.96. The molecule has 0 bridgehead atoms. The minimum absolute atomic E-state index is 0.437. The van der Waals surface area contributed by atoms with Crippen molar-refractivity contribution in [2.24, 2.45) is 10.7 Å². The molecule has 62 valence electrons. The molecule has 1 heterocycles. The Morgan fingerprint density at radius 1 is 1.50 bits per heavy atom. The van der Waals surface area contributed by atoms with E-state index in [1.165, 1.54) is 0 Å². The van der Waals surface area contributed by atoms with Gasteiger partial charge in [-0.25, -0.2) is 4.98 Å². The summed E-state index contributed by atoms with van der Waals surface area (Å²) < 4.78 is 0. The maximum Gasteiger partial charge on any atom is 0.146 e. The van der Waals surface area contributed by atoms with Crippen molar-refractivity contribution in [3.05, 3.63) is 24.3 Å². The van der Waals surface area contributed by atoms with E-state index in [1.54, 1.807) is 18.6 Å². The second kappa shape index (κ2) is 2.89. The molecular formula is C8H10N4. The van der Waals surface area contributed by atoms with Crippen LogP contribution in [0.5, 0.6) is 0 Å². The van der Waals surface area contributed by atoms with Crippen LogP contribution in [0.1, 0.15) is 18.5 Å². The van der Waals surface area contributed by atoms with Gasteiger partial charge in [0.1, 0.15) is 11.5 Å². The maximum absolute atomic E-state index is 5.68. The second-order valence-corrected chi connectivity index (χ2v) is 2.84. The topological polar surface area (TPSA) is 64.2 Å². The Morgan fingerprint density at radius 2 is 2.33 bits per heavy atom. The van der Waals surface area contributed by atoms with Crippen LogP contribution in [0.4, 0.5) is 0 Å². The first kappa shape index (κ1) is 7.21. The average molecular weight is 162 g/mol. The SMILES string of the molecule is NC(=NC1CC1)c1cnccn1. The number of rotatable bonds is 2. The zero-order chi connectivity index (χ0) is 8.39. The maximum atomic E-state index is 5.68. The van der Waals surface area contributed by atoms with Crippen molar-refractivity contribution in [2.75, 3.05) is 0 Å². The molecule has 1 aromatic heterocycles. The van der Waals surface area contributed by atoms with Crippen molar-refractivity contribution in [1.82, 2.24) is 9.97 Å². The number of nitrogens with two attached hydrogens (primary N) is 1. The van der Waals surface area contributed by atoms with Gasteiger partial charge in [-0.15, -0.1) is 0 Å². The lowest BCUT2D eigenvalue weighted by atomic mass is 10.4. The van der Waals surface area contributed by atoms with Gasteiger partial charge < -0.3 is 5.73 Å². The fourth-order valence-corrected chi connectivity index (χ4v) is 0.898. The number of hydrogen-bond acceptors (Lipinski definition) is 3. The van der Waals surface area contributed by atoms with Gasteiger partial charge in [0.05, 0.1) is 12.2 Å². The minimum atomic E-state index is 0.437. The lowest BCUT2D eigenvalue weighted by molar-refractivity contribution is 1.05. The van der Waals surface area contributed by atoms with E-state index in [1.807, 2.05) is 0 Å². The van der Waals surface area contributed by atoms with Crippen LogP contribution < -0.4 is 5.73 Å². The molecule has 0 unspecified atom stereocenters. The minimum Gasteiger partial charge on any atom is -0.382 e. The second-order valence-electron chi connectivity index (χ2n) is 2.84. The van der Waals surface area contributed by atoms with Crippen molar-refractivity contribution in [1.29, 1.82) is 0 Å². The van der Waals surface area contributed by atoms with Gasteiger partial charge in [-0.3, -0.25) is 9.98 Å². The molecule has 0 saturated heterocycles. The summed E-state index contributed by atoms with van der Waals surface area (Å²) in [6.07, 6.45) is 7.17. The highest BCUT2D eigenvalue weighted by atomic mass is 15.0. The fourth-order valence-electron chi connectivity index (χ4n) is 0.898. The van der Waals surface area contributed by atoms with Crippen LogP contribution in [-0.4, -0.2) is 21.8 Å². The van der Waals surface area contributed by atoms with Crippen LogP contribution in [0.2, 0.25) is 0 Å². The molecule has 0 aromatic carbocycles.